The van der Waals surface area contributed by atoms with Crippen molar-refractivity contribution in [1.82, 2.24) is 14.0 Å². The van der Waals surface area contributed by atoms with Crippen LogP contribution in [0.1, 0.15) is 25.2 Å². The van der Waals surface area contributed by atoms with E-state index >= 15 is 0 Å². The second kappa shape index (κ2) is 4.02. The number of aromatic nitrogens is 3. The first-order chi connectivity index (χ1) is 8.77. The number of para-hydroxylation sites is 2. The molecule has 0 aliphatic carbocycles. The number of fused-ring (bicyclic) bond motifs is 3. The number of imidazole rings is 2. The van der Waals surface area contributed by atoms with Gasteiger partial charge in [-0.05, 0) is 31.6 Å². The van der Waals surface area contributed by atoms with Crippen molar-refractivity contribution < 1.29 is 0 Å². The van der Waals surface area contributed by atoms with E-state index in [9.17, 15) is 0 Å². The zero-order valence-corrected chi connectivity index (χ0v) is 11.0. The Kier molecular flexibility index (Phi) is 2.47. The molecule has 18 heavy (non-hydrogen) atoms. The molecule has 0 saturated carbocycles. The molecule has 2 heterocycles. The van der Waals surface area contributed by atoms with Gasteiger partial charge in [-0.1, -0.05) is 25.1 Å². The van der Waals surface area contributed by atoms with Gasteiger partial charge in [0.2, 0.25) is 5.78 Å². The molecule has 0 bridgehead atoms. The van der Waals surface area contributed by atoms with Gasteiger partial charge < -0.3 is 4.57 Å². The molecule has 1 aromatic carbocycles. The fourth-order valence-electron chi connectivity index (χ4n) is 2.64. The molecule has 0 radical (unpaired) electrons. The summed E-state index contributed by atoms with van der Waals surface area (Å²) in [5.41, 5.74) is 4.79. The molecule has 0 aliphatic heterocycles. The van der Waals surface area contributed by atoms with Gasteiger partial charge in [0.05, 0.1) is 16.7 Å². The third-order valence-corrected chi connectivity index (χ3v) is 3.44. The van der Waals surface area contributed by atoms with Crippen molar-refractivity contribution >= 4 is 22.9 Å². The van der Waals surface area contributed by atoms with Gasteiger partial charge in [0.25, 0.3) is 0 Å². The van der Waals surface area contributed by atoms with Crippen molar-refractivity contribution in [2.24, 2.45) is 7.05 Å². The first-order valence-corrected chi connectivity index (χ1v) is 6.35. The van der Waals surface area contributed by atoms with E-state index in [1.807, 2.05) is 6.07 Å². The summed E-state index contributed by atoms with van der Waals surface area (Å²) in [6.07, 6.45) is 5.26. The van der Waals surface area contributed by atoms with E-state index in [4.69, 9.17) is 4.98 Å². The molecule has 0 spiro atoms. The van der Waals surface area contributed by atoms with Crippen LogP contribution in [0, 0.1) is 0 Å². The lowest BCUT2D eigenvalue weighted by Crippen LogP contribution is -1.96. The van der Waals surface area contributed by atoms with Crippen LogP contribution in [-0.2, 0) is 13.5 Å². The van der Waals surface area contributed by atoms with E-state index in [1.165, 1.54) is 16.9 Å². The Balaban J connectivity index is 2.53. The van der Waals surface area contributed by atoms with Gasteiger partial charge in [0, 0.05) is 12.7 Å². The second-order valence-corrected chi connectivity index (χ2v) is 4.48. The summed E-state index contributed by atoms with van der Waals surface area (Å²) in [6.45, 7) is 4.24. The zero-order chi connectivity index (χ0) is 12.7. The maximum Gasteiger partial charge on any atom is 0.215 e. The molecule has 3 nitrogen and oxygen atoms in total. The zero-order valence-electron chi connectivity index (χ0n) is 11.0. The number of rotatable bonds is 2. The van der Waals surface area contributed by atoms with Crippen molar-refractivity contribution in [2.75, 3.05) is 0 Å². The lowest BCUT2D eigenvalue weighted by molar-refractivity contribution is 0.852. The summed E-state index contributed by atoms with van der Waals surface area (Å²) >= 11 is 0. The fourth-order valence-corrected chi connectivity index (χ4v) is 2.64. The van der Waals surface area contributed by atoms with Gasteiger partial charge >= 0.3 is 0 Å². The van der Waals surface area contributed by atoms with E-state index in [0.29, 0.717) is 0 Å². The Bertz CT molecular complexity index is 744. The third kappa shape index (κ3) is 1.33. The summed E-state index contributed by atoms with van der Waals surface area (Å²) in [6, 6.07) is 8.29. The fraction of sp³-hybridized carbons (Fsp3) is 0.267. The van der Waals surface area contributed by atoms with E-state index < -0.39 is 0 Å². The van der Waals surface area contributed by atoms with Crippen molar-refractivity contribution in [1.29, 1.82) is 0 Å². The largest absolute Gasteiger partial charge is 0.316 e. The van der Waals surface area contributed by atoms with Crippen LogP contribution < -0.4 is 0 Å². The Morgan fingerprint density at radius 3 is 2.78 bits per heavy atom. The molecule has 3 aromatic rings. The third-order valence-electron chi connectivity index (χ3n) is 3.44. The molecule has 0 fully saturated rings. The molecule has 0 amide bonds. The van der Waals surface area contributed by atoms with Crippen molar-refractivity contribution in [3.63, 3.8) is 0 Å². The maximum absolute atomic E-state index is 4.72. The van der Waals surface area contributed by atoms with Gasteiger partial charge in [0.15, 0.2) is 0 Å². The highest BCUT2D eigenvalue weighted by atomic mass is 15.2. The molecular formula is C15H17N3. The van der Waals surface area contributed by atoms with E-state index in [1.54, 1.807) is 0 Å². The summed E-state index contributed by atoms with van der Waals surface area (Å²) in [5.74, 6) is 1.01. The molecule has 0 saturated heterocycles. The van der Waals surface area contributed by atoms with Crippen LogP contribution in [0.3, 0.4) is 0 Å². The number of hydrogen-bond donors (Lipinski definition) is 0. The SMILES string of the molecule is C/C=C\c1c(CC)n(C)c2nc3ccccc3n12. The molecule has 0 aliphatic rings. The van der Waals surface area contributed by atoms with Gasteiger partial charge in [-0.3, -0.25) is 4.40 Å². The predicted octanol–water partition coefficient (Wildman–Crippen LogP) is 3.42. The minimum atomic E-state index is 1.01. The highest BCUT2D eigenvalue weighted by Crippen LogP contribution is 2.24. The minimum Gasteiger partial charge on any atom is -0.316 e. The lowest BCUT2D eigenvalue weighted by Gasteiger charge is -2.00. The first kappa shape index (κ1) is 11.1. The summed E-state index contributed by atoms with van der Waals surface area (Å²) < 4.78 is 4.43. The van der Waals surface area contributed by atoms with Crippen LogP contribution in [0.15, 0.2) is 30.3 Å². The molecule has 92 valence electrons. The Hall–Kier alpha value is -2.03. The van der Waals surface area contributed by atoms with Gasteiger partial charge in [-0.25, -0.2) is 4.98 Å². The van der Waals surface area contributed by atoms with Crippen LogP contribution in [0.5, 0.6) is 0 Å². The smallest absolute Gasteiger partial charge is 0.215 e. The highest BCUT2D eigenvalue weighted by Gasteiger charge is 2.15. The Morgan fingerprint density at radius 1 is 1.28 bits per heavy atom. The summed E-state index contributed by atoms with van der Waals surface area (Å²) in [7, 11) is 2.09. The van der Waals surface area contributed by atoms with E-state index in [-0.39, 0.29) is 0 Å². The Labute approximate surface area is 106 Å². The van der Waals surface area contributed by atoms with Gasteiger partial charge in [-0.15, -0.1) is 0 Å². The minimum absolute atomic E-state index is 1.01. The van der Waals surface area contributed by atoms with Crippen LogP contribution in [0.4, 0.5) is 0 Å². The van der Waals surface area contributed by atoms with Gasteiger partial charge in [0.1, 0.15) is 0 Å². The van der Waals surface area contributed by atoms with Crippen LogP contribution in [0.2, 0.25) is 0 Å². The molecule has 0 atom stereocenters. The quantitative estimate of drug-likeness (QED) is 0.671. The standard InChI is InChI=1S/C15H17N3/c1-4-8-14-12(5-2)17(3)15-16-11-9-6-7-10-13(11)18(14)15/h4,6-10H,5H2,1-3H3/b8-4-. The average Bonchev–Trinajstić information content (AvgIpc) is 2.87. The number of hydrogen-bond acceptors (Lipinski definition) is 1. The van der Waals surface area contributed by atoms with E-state index in [0.717, 1.165) is 17.7 Å². The number of nitrogens with zero attached hydrogens (tertiary/aromatic N) is 3. The van der Waals surface area contributed by atoms with Crippen molar-refractivity contribution in [3.8, 4) is 0 Å². The van der Waals surface area contributed by atoms with Crippen molar-refractivity contribution in [2.45, 2.75) is 20.3 Å². The second-order valence-electron chi connectivity index (χ2n) is 4.48. The molecule has 3 rings (SSSR count). The molecule has 3 heteroatoms. The van der Waals surface area contributed by atoms with Gasteiger partial charge in [-0.2, -0.15) is 0 Å². The number of benzene rings is 1. The highest BCUT2D eigenvalue weighted by molar-refractivity contribution is 5.81. The predicted molar refractivity (Wildman–Crippen MR) is 75.8 cm³/mol. The molecule has 0 unspecified atom stereocenters. The number of aryl methyl sites for hydroxylation is 1. The van der Waals surface area contributed by atoms with E-state index in [2.05, 4.69) is 60.2 Å². The van der Waals surface area contributed by atoms with Crippen LogP contribution >= 0.6 is 0 Å². The maximum atomic E-state index is 4.72. The topological polar surface area (TPSA) is 22.2 Å². The normalized spacial score (nSPS) is 12.2. The first-order valence-electron chi connectivity index (χ1n) is 6.35. The van der Waals surface area contributed by atoms with Crippen LogP contribution in [0.25, 0.3) is 22.9 Å². The monoisotopic (exact) mass is 239 g/mol. The average molecular weight is 239 g/mol. The molecule has 2 aromatic heterocycles. The van der Waals surface area contributed by atoms with Crippen molar-refractivity contribution in [3.05, 3.63) is 41.7 Å². The van der Waals surface area contributed by atoms with Crippen LogP contribution in [-0.4, -0.2) is 14.0 Å². The number of allylic oxidation sites excluding steroid dienone is 1. The lowest BCUT2D eigenvalue weighted by atomic mass is 10.2. The summed E-state index contributed by atoms with van der Waals surface area (Å²) in [5, 5.41) is 0. The Morgan fingerprint density at radius 2 is 2.06 bits per heavy atom. The summed E-state index contributed by atoms with van der Waals surface area (Å²) in [4.78, 5) is 4.72. The molecule has 0 N–H and O–H groups in total. The molecular weight excluding hydrogens is 222 g/mol.